The molecule has 0 aliphatic rings. The van der Waals surface area contributed by atoms with E-state index in [9.17, 15) is 4.79 Å². The van der Waals surface area contributed by atoms with Gasteiger partial charge in [0.15, 0.2) is 5.82 Å². The van der Waals surface area contributed by atoms with E-state index in [0.29, 0.717) is 22.7 Å². The Hall–Kier alpha value is -3.53. The maximum Gasteiger partial charge on any atom is 0.345 e. The molecule has 0 amide bonds. The molecule has 0 saturated heterocycles. The molecule has 2 aromatic heterocycles. The van der Waals surface area contributed by atoms with Gasteiger partial charge in [0, 0.05) is 6.20 Å². The molecule has 0 atom stereocenters. The van der Waals surface area contributed by atoms with Gasteiger partial charge in [0.25, 0.3) is 0 Å². The van der Waals surface area contributed by atoms with Crippen LogP contribution in [-0.4, -0.2) is 25.7 Å². The Kier molecular flexibility index (Phi) is 3.58. The smallest absolute Gasteiger partial charge is 0.345 e. The van der Waals surface area contributed by atoms with Crippen LogP contribution in [0.5, 0.6) is 5.75 Å². The van der Waals surface area contributed by atoms with Crippen LogP contribution in [0.1, 0.15) is 15.9 Å². The van der Waals surface area contributed by atoms with Gasteiger partial charge in [0.05, 0.1) is 17.2 Å². The maximum absolute atomic E-state index is 12.0. The fourth-order valence-corrected chi connectivity index (χ4v) is 1.73. The SMILES string of the molecule is N#Cc1ccc(OC(=O)c2ccc(-n3cncn3)nc2)cc1. The average Bonchev–Trinajstić information content (AvgIpc) is 3.10. The number of carbonyl (C=O) groups is 1. The zero-order chi connectivity index (χ0) is 15.4. The van der Waals surface area contributed by atoms with Gasteiger partial charge in [-0.3, -0.25) is 0 Å². The van der Waals surface area contributed by atoms with Crippen molar-refractivity contribution in [1.82, 2.24) is 19.7 Å². The molecule has 106 valence electrons. The zero-order valence-corrected chi connectivity index (χ0v) is 11.2. The summed E-state index contributed by atoms with van der Waals surface area (Å²) >= 11 is 0. The molecular weight excluding hydrogens is 282 g/mol. The summed E-state index contributed by atoms with van der Waals surface area (Å²) in [5.41, 5.74) is 0.812. The van der Waals surface area contributed by atoms with Gasteiger partial charge in [0.2, 0.25) is 0 Å². The summed E-state index contributed by atoms with van der Waals surface area (Å²) < 4.78 is 6.69. The lowest BCUT2D eigenvalue weighted by molar-refractivity contribution is 0.0734. The van der Waals surface area contributed by atoms with Gasteiger partial charge in [-0.1, -0.05) is 0 Å². The molecule has 0 radical (unpaired) electrons. The van der Waals surface area contributed by atoms with Crippen molar-refractivity contribution in [3.8, 4) is 17.6 Å². The second-order valence-electron chi connectivity index (χ2n) is 4.27. The third kappa shape index (κ3) is 2.81. The number of rotatable bonds is 3. The Labute approximate surface area is 125 Å². The van der Waals surface area contributed by atoms with Crippen molar-refractivity contribution in [3.05, 3.63) is 66.4 Å². The maximum atomic E-state index is 12.0. The average molecular weight is 291 g/mol. The molecule has 3 rings (SSSR count). The highest BCUT2D eigenvalue weighted by Gasteiger charge is 2.10. The van der Waals surface area contributed by atoms with Crippen LogP contribution in [0.15, 0.2) is 55.2 Å². The topological polar surface area (TPSA) is 93.7 Å². The lowest BCUT2D eigenvalue weighted by Gasteiger charge is -2.05. The number of carbonyl (C=O) groups excluding carboxylic acids is 1. The minimum Gasteiger partial charge on any atom is -0.423 e. The predicted octanol–water partition coefficient (Wildman–Crippen LogP) is 1.75. The van der Waals surface area contributed by atoms with Crippen LogP contribution in [0.4, 0.5) is 0 Å². The number of esters is 1. The summed E-state index contributed by atoms with van der Waals surface area (Å²) in [5.74, 6) is 0.388. The second-order valence-corrected chi connectivity index (χ2v) is 4.27. The molecule has 7 nitrogen and oxygen atoms in total. The largest absolute Gasteiger partial charge is 0.423 e. The molecule has 3 aromatic rings. The van der Waals surface area contributed by atoms with E-state index in [0.717, 1.165) is 0 Å². The van der Waals surface area contributed by atoms with Crippen LogP contribution >= 0.6 is 0 Å². The molecule has 0 N–H and O–H groups in total. The standard InChI is InChI=1S/C15H9N5O2/c16-7-11-1-4-13(5-2-11)22-15(21)12-3-6-14(18-8-12)20-10-17-9-19-20/h1-6,8-10H. The minimum atomic E-state index is -0.526. The normalized spacial score (nSPS) is 9.95. The first-order valence-electron chi connectivity index (χ1n) is 6.29. The lowest BCUT2D eigenvalue weighted by Crippen LogP contribution is -2.09. The number of hydrogen-bond acceptors (Lipinski definition) is 6. The summed E-state index contributed by atoms with van der Waals surface area (Å²) in [6, 6.07) is 11.5. The van der Waals surface area contributed by atoms with Crippen molar-refractivity contribution >= 4 is 5.97 Å². The van der Waals surface area contributed by atoms with E-state index >= 15 is 0 Å². The van der Waals surface area contributed by atoms with Crippen LogP contribution in [0.3, 0.4) is 0 Å². The van der Waals surface area contributed by atoms with Crippen LogP contribution in [0, 0.1) is 11.3 Å². The number of aromatic nitrogens is 4. The highest BCUT2D eigenvalue weighted by atomic mass is 16.5. The van der Waals surface area contributed by atoms with Crippen molar-refractivity contribution in [2.24, 2.45) is 0 Å². The van der Waals surface area contributed by atoms with Crippen molar-refractivity contribution in [1.29, 1.82) is 5.26 Å². The molecule has 22 heavy (non-hydrogen) atoms. The number of hydrogen-bond donors (Lipinski definition) is 0. The monoisotopic (exact) mass is 291 g/mol. The summed E-state index contributed by atoms with van der Waals surface area (Å²) in [7, 11) is 0. The Morgan fingerprint density at radius 2 is 2.00 bits per heavy atom. The number of pyridine rings is 1. The molecule has 0 spiro atoms. The first-order valence-corrected chi connectivity index (χ1v) is 6.29. The summed E-state index contributed by atoms with van der Waals surface area (Å²) in [4.78, 5) is 20.0. The van der Waals surface area contributed by atoms with E-state index in [2.05, 4.69) is 15.1 Å². The molecule has 1 aromatic carbocycles. The molecule has 7 heteroatoms. The third-order valence-corrected chi connectivity index (χ3v) is 2.83. The van der Waals surface area contributed by atoms with E-state index in [1.54, 1.807) is 36.4 Å². The molecular formula is C15H9N5O2. The van der Waals surface area contributed by atoms with Gasteiger partial charge in [-0.2, -0.15) is 10.4 Å². The molecule has 0 fully saturated rings. The summed E-state index contributed by atoms with van der Waals surface area (Å²) in [5, 5.41) is 12.7. The Bertz CT molecular complexity index is 818. The fraction of sp³-hybridized carbons (Fsp3) is 0. The van der Waals surface area contributed by atoms with Gasteiger partial charge in [-0.15, -0.1) is 0 Å². The highest BCUT2D eigenvalue weighted by Crippen LogP contribution is 2.14. The number of nitrogens with zero attached hydrogens (tertiary/aromatic N) is 5. The van der Waals surface area contributed by atoms with Crippen LogP contribution in [0.25, 0.3) is 5.82 Å². The van der Waals surface area contributed by atoms with Gasteiger partial charge in [-0.25, -0.2) is 19.4 Å². The number of ether oxygens (including phenoxy) is 1. The van der Waals surface area contributed by atoms with E-state index < -0.39 is 5.97 Å². The zero-order valence-electron chi connectivity index (χ0n) is 11.2. The van der Waals surface area contributed by atoms with Crippen LogP contribution in [-0.2, 0) is 0 Å². The van der Waals surface area contributed by atoms with Crippen molar-refractivity contribution in [2.45, 2.75) is 0 Å². The van der Waals surface area contributed by atoms with E-state index in [1.165, 1.54) is 23.5 Å². The fourth-order valence-electron chi connectivity index (χ4n) is 1.73. The molecule has 0 bridgehead atoms. The van der Waals surface area contributed by atoms with Crippen LogP contribution < -0.4 is 4.74 Å². The van der Waals surface area contributed by atoms with Crippen LogP contribution in [0.2, 0.25) is 0 Å². The first-order chi connectivity index (χ1) is 10.8. The van der Waals surface area contributed by atoms with E-state index in [-0.39, 0.29) is 0 Å². The Morgan fingerprint density at radius 3 is 2.59 bits per heavy atom. The molecule has 0 aliphatic heterocycles. The molecule has 2 heterocycles. The van der Waals surface area contributed by atoms with E-state index in [1.807, 2.05) is 6.07 Å². The second kappa shape index (κ2) is 5.85. The first kappa shape index (κ1) is 13.5. The summed E-state index contributed by atoms with van der Waals surface area (Å²) in [6.07, 6.45) is 4.31. The third-order valence-electron chi connectivity index (χ3n) is 2.83. The van der Waals surface area contributed by atoms with E-state index in [4.69, 9.17) is 10.00 Å². The van der Waals surface area contributed by atoms with Crippen molar-refractivity contribution in [3.63, 3.8) is 0 Å². The number of nitriles is 1. The Morgan fingerprint density at radius 1 is 1.18 bits per heavy atom. The lowest BCUT2D eigenvalue weighted by atomic mass is 10.2. The molecule has 0 aliphatic carbocycles. The van der Waals surface area contributed by atoms with Gasteiger partial charge >= 0.3 is 5.97 Å². The van der Waals surface area contributed by atoms with Crippen molar-refractivity contribution in [2.75, 3.05) is 0 Å². The summed E-state index contributed by atoms with van der Waals surface area (Å²) in [6.45, 7) is 0. The minimum absolute atomic E-state index is 0.313. The highest BCUT2D eigenvalue weighted by molar-refractivity contribution is 5.90. The quantitative estimate of drug-likeness (QED) is 0.539. The van der Waals surface area contributed by atoms with Gasteiger partial charge in [0.1, 0.15) is 18.4 Å². The predicted molar refractivity (Wildman–Crippen MR) is 75.3 cm³/mol. The van der Waals surface area contributed by atoms with Gasteiger partial charge < -0.3 is 4.74 Å². The molecule has 0 unspecified atom stereocenters. The van der Waals surface area contributed by atoms with Crippen molar-refractivity contribution < 1.29 is 9.53 Å². The molecule has 0 saturated carbocycles. The van der Waals surface area contributed by atoms with Gasteiger partial charge in [-0.05, 0) is 36.4 Å². The number of benzene rings is 1. The Balaban J connectivity index is 1.73.